The van der Waals surface area contributed by atoms with E-state index in [0.29, 0.717) is 12.1 Å². The summed E-state index contributed by atoms with van der Waals surface area (Å²) < 4.78 is 9.87. The molecule has 1 fully saturated rings. The van der Waals surface area contributed by atoms with Gasteiger partial charge in [-0.3, -0.25) is 4.79 Å². The molecule has 0 saturated carbocycles. The zero-order chi connectivity index (χ0) is 12.4. The molecule has 1 saturated heterocycles. The van der Waals surface area contributed by atoms with E-state index < -0.39 is 12.1 Å². The van der Waals surface area contributed by atoms with Crippen LogP contribution < -0.4 is 0 Å². The van der Waals surface area contributed by atoms with E-state index in [2.05, 4.69) is 5.16 Å². The van der Waals surface area contributed by atoms with Crippen LogP contribution in [0.25, 0.3) is 0 Å². The Morgan fingerprint density at radius 2 is 2.35 bits per heavy atom. The highest BCUT2D eigenvalue weighted by Gasteiger charge is 2.31. The lowest BCUT2D eigenvalue weighted by atomic mass is 10.2. The van der Waals surface area contributed by atoms with Gasteiger partial charge in [0.05, 0.1) is 19.3 Å². The van der Waals surface area contributed by atoms with E-state index in [9.17, 15) is 9.59 Å². The number of carboxylic acids is 1. The van der Waals surface area contributed by atoms with Crippen LogP contribution in [0.15, 0.2) is 10.7 Å². The molecule has 1 unspecified atom stereocenters. The molecule has 2 rings (SSSR count). The van der Waals surface area contributed by atoms with Gasteiger partial charge in [0.2, 0.25) is 5.76 Å². The minimum absolute atomic E-state index is 0.0221. The summed E-state index contributed by atoms with van der Waals surface area (Å²) >= 11 is 0. The quantitative estimate of drug-likeness (QED) is 0.776. The van der Waals surface area contributed by atoms with Crippen LogP contribution in [0.3, 0.4) is 0 Å². The number of hydrogen-bond donors (Lipinski definition) is 1. The number of rotatable bonds is 2. The Kier molecular flexibility index (Phi) is 3.10. The Morgan fingerprint density at radius 1 is 1.59 bits per heavy atom. The number of aromatic nitrogens is 1. The van der Waals surface area contributed by atoms with Crippen molar-refractivity contribution >= 4 is 11.9 Å². The molecular formula is C10H12N2O5. The molecule has 1 N–H and O–H groups in total. The highest BCUT2D eigenvalue weighted by Crippen LogP contribution is 2.13. The van der Waals surface area contributed by atoms with Gasteiger partial charge in [0.25, 0.3) is 5.91 Å². The molecule has 1 amide bonds. The van der Waals surface area contributed by atoms with Crippen molar-refractivity contribution in [2.45, 2.75) is 13.0 Å². The van der Waals surface area contributed by atoms with Crippen LogP contribution in [0.5, 0.6) is 0 Å². The molecule has 0 bridgehead atoms. The minimum Gasteiger partial charge on any atom is -0.479 e. The summed E-state index contributed by atoms with van der Waals surface area (Å²) in [5.41, 5.74) is 0.633. The normalized spacial score (nSPS) is 20.3. The van der Waals surface area contributed by atoms with Crippen molar-refractivity contribution in [2.24, 2.45) is 0 Å². The van der Waals surface area contributed by atoms with E-state index >= 15 is 0 Å². The van der Waals surface area contributed by atoms with Gasteiger partial charge in [0.15, 0.2) is 6.10 Å². The third kappa shape index (κ3) is 2.28. The molecule has 0 aromatic carbocycles. The fourth-order valence-corrected chi connectivity index (χ4v) is 1.62. The Labute approximate surface area is 96.9 Å². The minimum atomic E-state index is -1.07. The summed E-state index contributed by atoms with van der Waals surface area (Å²) in [6, 6.07) is 0. The van der Waals surface area contributed by atoms with Gasteiger partial charge in [-0.25, -0.2) is 4.79 Å². The van der Waals surface area contributed by atoms with Crippen LogP contribution >= 0.6 is 0 Å². The van der Waals surface area contributed by atoms with Crippen molar-refractivity contribution in [3.05, 3.63) is 17.5 Å². The molecule has 1 aliphatic rings. The van der Waals surface area contributed by atoms with Gasteiger partial charge in [-0.05, 0) is 6.92 Å². The van der Waals surface area contributed by atoms with Gasteiger partial charge in [-0.2, -0.15) is 0 Å². The number of carbonyl (C=O) groups is 2. The zero-order valence-corrected chi connectivity index (χ0v) is 9.25. The molecule has 1 aromatic heterocycles. The van der Waals surface area contributed by atoms with Gasteiger partial charge in [-0.15, -0.1) is 0 Å². The fraction of sp³-hybridized carbons (Fsp3) is 0.500. The molecule has 92 valence electrons. The molecular weight excluding hydrogens is 228 g/mol. The maximum atomic E-state index is 12.0. The summed E-state index contributed by atoms with van der Waals surface area (Å²) in [7, 11) is 0. The zero-order valence-electron chi connectivity index (χ0n) is 9.25. The summed E-state index contributed by atoms with van der Waals surface area (Å²) in [6.45, 7) is 2.28. The van der Waals surface area contributed by atoms with E-state index in [1.54, 1.807) is 6.92 Å². The third-order valence-electron chi connectivity index (χ3n) is 2.57. The second-order valence-corrected chi connectivity index (χ2v) is 3.79. The van der Waals surface area contributed by atoms with Crippen molar-refractivity contribution in [3.63, 3.8) is 0 Å². The number of morpholine rings is 1. The molecule has 7 nitrogen and oxygen atoms in total. The number of nitrogens with zero attached hydrogens (tertiary/aromatic N) is 2. The largest absolute Gasteiger partial charge is 0.479 e. The molecule has 1 aromatic rings. The van der Waals surface area contributed by atoms with Crippen molar-refractivity contribution in [1.29, 1.82) is 0 Å². The number of amides is 1. The smallest absolute Gasteiger partial charge is 0.334 e. The lowest BCUT2D eigenvalue weighted by Crippen LogP contribution is -2.48. The van der Waals surface area contributed by atoms with Gasteiger partial charge in [-0.1, -0.05) is 5.16 Å². The number of ether oxygens (including phenoxy) is 1. The average molecular weight is 240 g/mol. The first-order valence-corrected chi connectivity index (χ1v) is 5.14. The topological polar surface area (TPSA) is 92.9 Å². The maximum Gasteiger partial charge on any atom is 0.334 e. The van der Waals surface area contributed by atoms with Crippen LogP contribution in [0.2, 0.25) is 0 Å². The first-order chi connectivity index (χ1) is 8.09. The van der Waals surface area contributed by atoms with Crippen molar-refractivity contribution in [1.82, 2.24) is 10.1 Å². The molecule has 0 spiro atoms. The van der Waals surface area contributed by atoms with E-state index in [1.165, 1.54) is 11.1 Å². The molecule has 17 heavy (non-hydrogen) atoms. The van der Waals surface area contributed by atoms with Crippen molar-refractivity contribution < 1.29 is 24.0 Å². The summed E-state index contributed by atoms with van der Waals surface area (Å²) in [4.78, 5) is 24.2. The Balaban J connectivity index is 2.10. The van der Waals surface area contributed by atoms with E-state index in [-0.39, 0.29) is 24.8 Å². The Bertz CT molecular complexity index is 442. The van der Waals surface area contributed by atoms with Gasteiger partial charge in [0.1, 0.15) is 0 Å². The average Bonchev–Trinajstić information content (AvgIpc) is 2.74. The second-order valence-electron chi connectivity index (χ2n) is 3.79. The number of hydrogen-bond acceptors (Lipinski definition) is 5. The van der Waals surface area contributed by atoms with Crippen molar-refractivity contribution in [2.75, 3.05) is 19.7 Å². The highest BCUT2D eigenvalue weighted by atomic mass is 16.5. The Morgan fingerprint density at radius 3 is 2.94 bits per heavy atom. The van der Waals surface area contributed by atoms with Crippen LogP contribution in [0.4, 0.5) is 0 Å². The molecule has 2 heterocycles. The lowest BCUT2D eigenvalue weighted by Gasteiger charge is -2.30. The van der Waals surface area contributed by atoms with Gasteiger partial charge in [0, 0.05) is 12.1 Å². The first-order valence-electron chi connectivity index (χ1n) is 5.14. The van der Waals surface area contributed by atoms with E-state index in [0.717, 1.165) is 0 Å². The predicted molar refractivity (Wildman–Crippen MR) is 54.5 cm³/mol. The monoisotopic (exact) mass is 240 g/mol. The van der Waals surface area contributed by atoms with Gasteiger partial charge >= 0.3 is 5.97 Å². The lowest BCUT2D eigenvalue weighted by molar-refractivity contribution is -0.154. The molecule has 7 heteroatoms. The SMILES string of the molecule is Cc1cnoc1C(=O)N1CCOC(C(=O)O)C1. The maximum absolute atomic E-state index is 12.0. The molecule has 0 aliphatic carbocycles. The van der Waals surface area contributed by atoms with Crippen LogP contribution in [-0.4, -0.2) is 52.8 Å². The number of aryl methyl sites for hydroxylation is 1. The van der Waals surface area contributed by atoms with Gasteiger partial charge < -0.3 is 19.3 Å². The highest BCUT2D eigenvalue weighted by molar-refractivity contribution is 5.93. The molecule has 1 aliphatic heterocycles. The predicted octanol–water partition coefficient (Wildman–Crippen LogP) is -0.0914. The van der Waals surface area contributed by atoms with Crippen LogP contribution in [0.1, 0.15) is 16.1 Å². The number of aliphatic carboxylic acids is 1. The Hall–Kier alpha value is -1.89. The summed E-state index contributed by atoms with van der Waals surface area (Å²) in [5, 5.41) is 12.3. The molecule has 1 atom stereocenters. The fourth-order valence-electron chi connectivity index (χ4n) is 1.62. The van der Waals surface area contributed by atoms with Crippen LogP contribution in [0, 0.1) is 6.92 Å². The summed E-state index contributed by atoms with van der Waals surface area (Å²) in [5.74, 6) is -1.28. The first kappa shape index (κ1) is 11.6. The van der Waals surface area contributed by atoms with E-state index in [4.69, 9.17) is 14.4 Å². The van der Waals surface area contributed by atoms with E-state index in [1.807, 2.05) is 0 Å². The molecule has 0 radical (unpaired) electrons. The number of carbonyl (C=O) groups excluding carboxylic acids is 1. The number of carboxylic acid groups (broad SMARTS) is 1. The van der Waals surface area contributed by atoms with Crippen LogP contribution in [-0.2, 0) is 9.53 Å². The third-order valence-corrected chi connectivity index (χ3v) is 2.57. The summed E-state index contributed by atoms with van der Waals surface area (Å²) in [6.07, 6.45) is 0.471. The second kappa shape index (κ2) is 4.54. The van der Waals surface area contributed by atoms with Crippen molar-refractivity contribution in [3.8, 4) is 0 Å². The standard InChI is InChI=1S/C10H12N2O5/c1-6-4-11-17-8(6)9(13)12-2-3-16-7(5-12)10(14)15/h4,7H,2-3,5H2,1H3,(H,14,15).